The van der Waals surface area contributed by atoms with Gasteiger partial charge in [0.25, 0.3) is 11.8 Å². The Morgan fingerprint density at radius 2 is 1.88 bits per heavy atom. The van der Waals surface area contributed by atoms with Gasteiger partial charge in [-0.3, -0.25) is 9.59 Å². The maximum Gasteiger partial charge on any atom is 0.287 e. The van der Waals surface area contributed by atoms with Gasteiger partial charge in [0.05, 0.1) is 5.69 Å². The van der Waals surface area contributed by atoms with Crippen LogP contribution in [0.4, 0.5) is 0 Å². The summed E-state index contributed by atoms with van der Waals surface area (Å²) in [5.41, 5.74) is 1.38. The summed E-state index contributed by atoms with van der Waals surface area (Å²) in [6, 6.07) is 0.250. The van der Waals surface area contributed by atoms with E-state index < -0.39 is 0 Å². The van der Waals surface area contributed by atoms with Crippen molar-refractivity contribution in [3.63, 3.8) is 0 Å². The highest BCUT2D eigenvalue weighted by Crippen LogP contribution is 2.23. The number of hydrogen-bond acceptors (Lipinski definition) is 3. The largest absolute Gasteiger partial charge is 0.349 e. The molecule has 1 fully saturated rings. The first-order valence-corrected chi connectivity index (χ1v) is 9.74. The maximum atomic E-state index is 12.8. The molecule has 3 rings (SSSR count). The molecule has 1 aromatic heterocycles. The lowest BCUT2D eigenvalue weighted by Gasteiger charge is -2.23. The van der Waals surface area contributed by atoms with Crippen molar-refractivity contribution >= 4 is 11.8 Å². The van der Waals surface area contributed by atoms with Crippen molar-refractivity contribution in [3.8, 4) is 0 Å². The summed E-state index contributed by atoms with van der Waals surface area (Å²) in [5, 5.41) is 6.07. The molecule has 0 spiro atoms. The molecule has 1 aromatic rings. The molecule has 6 heteroatoms. The number of fused-ring (bicyclic) bond motifs is 1. The number of nitrogens with one attached hydrogen (secondary N) is 2. The van der Waals surface area contributed by atoms with E-state index in [1.165, 1.54) is 19.3 Å². The topological polar surface area (TPSA) is 76.0 Å². The van der Waals surface area contributed by atoms with Crippen LogP contribution >= 0.6 is 0 Å². The second kappa shape index (κ2) is 8.02. The molecule has 25 heavy (non-hydrogen) atoms. The van der Waals surface area contributed by atoms with Gasteiger partial charge in [0.1, 0.15) is 5.69 Å². The van der Waals surface area contributed by atoms with Gasteiger partial charge in [0.15, 0.2) is 5.82 Å². The Kier molecular flexibility index (Phi) is 5.76. The average Bonchev–Trinajstić information content (AvgIpc) is 3.00. The van der Waals surface area contributed by atoms with Crippen molar-refractivity contribution in [2.75, 3.05) is 6.54 Å². The molecule has 2 N–H and O–H groups in total. The molecule has 0 unspecified atom stereocenters. The van der Waals surface area contributed by atoms with Crippen LogP contribution in [0.3, 0.4) is 0 Å². The van der Waals surface area contributed by atoms with Crippen molar-refractivity contribution in [1.29, 1.82) is 0 Å². The number of nitrogens with zero attached hydrogens (tertiary/aromatic N) is 2. The molecule has 1 aliphatic heterocycles. The van der Waals surface area contributed by atoms with Crippen LogP contribution in [0, 0.1) is 5.92 Å². The van der Waals surface area contributed by atoms with E-state index in [0.717, 1.165) is 44.3 Å². The number of carbonyl (C=O) groups is 2. The Morgan fingerprint density at radius 1 is 1.12 bits per heavy atom. The van der Waals surface area contributed by atoms with E-state index in [1.807, 2.05) is 4.57 Å². The fourth-order valence-electron chi connectivity index (χ4n) is 3.77. The Balaban J connectivity index is 1.79. The third-order valence-electron chi connectivity index (χ3n) is 5.15. The van der Waals surface area contributed by atoms with Crippen LogP contribution in [-0.2, 0) is 13.0 Å². The van der Waals surface area contributed by atoms with Crippen molar-refractivity contribution in [2.45, 2.75) is 77.8 Å². The van der Waals surface area contributed by atoms with Gasteiger partial charge in [-0.05, 0) is 38.0 Å². The molecule has 1 saturated carbocycles. The lowest BCUT2D eigenvalue weighted by atomic mass is 9.95. The number of amides is 2. The number of carbonyl (C=O) groups excluding carboxylic acids is 2. The highest BCUT2D eigenvalue weighted by molar-refractivity contribution is 5.97. The summed E-state index contributed by atoms with van der Waals surface area (Å²) >= 11 is 0. The van der Waals surface area contributed by atoms with Crippen molar-refractivity contribution in [3.05, 3.63) is 17.2 Å². The van der Waals surface area contributed by atoms with Gasteiger partial charge in [-0.15, -0.1) is 0 Å². The number of rotatable bonds is 5. The van der Waals surface area contributed by atoms with E-state index in [2.05, 4.69) is 29.5 Å². The number of aromatic nitrogens is 2. The fourth-order valence-corrected chi connectivity index (χ4v) is 3.77. The zero-order chi connectivity index (χ0) is 17.8. The second-order valence-corrected chi connectivity index (χ2v) is 7.75. The van der Waals surface area contributed by atoms with Gasteiger partial charge in [-0.25, -0.2) is 4.98 Å². The molecule has 2 heterocycles. The average molecular weight is 346 g/mol. The van der Waals surface area contributed by atoms with Gasteiger partial charge in [-0.2, -0.15) is 0 Å². The molecule has 0 aromatic carbocycles. The standard InChI is InChI=1S/C19H30N4O2/c1-13(2)12-20-19(25)17-22-16(15-10-6-7-11-23(15)17)18(24)21-14-8-4-3-5-9-14/h13-14H,3-12H2,1-2H3,(H,20,25)(H,21,24). The predicted molar refractivity (Wildman–Crippen MR) is 96.7 cm³/mol. The molecule has 0 bridgehead atoms. The zero-order valence-electron chi connectivity index (χ0n) is 15.4. The smallest absolute Gasteiger partial charge is 0.287 e. The van der Waals surface area contributed by atoms with Gasteiger partial charge < -0.3 is 15.2 Å². The van der Waals surface area contributed by atoms with Crippen LogP contribution in [0.25, 0.3) is 0 Å². The molecular weight excluding hydrogens is 316 g/mol. The summed E-state index contributed by atoms with van der Waals surface area (Å²) in [6.45, 7) is 5.50. The summed E-state index contributed by atoms with van der Waals surface area (Å²) in [6.07, 6.45) is 8.58. The SMILES string of the molecule is CC(C)CNC(=O)c1nc(C(=O)NC2CCCCC2)c2n1CCCC2. The fraction of sp³-hybridized carbons (Fsp3) is 0.737. The monoisotopic (exact) mass is 346 g/mol. The van der Waals surface area contributed by atoms with Crippen LogP contribution in [0.2, 0.25) is 0 Å². The number of hydrogen-bond donors (Lipinski definition) is 2. The molecule has 2 aliphatic rings. The van der Waals surface area contributed by atoms with Crippen molar-refractivity contribution in [1.82, 2.24) is 20.2 Å². The molecular formula is C19H30N4O2. The first-order valence-electron chi connectivity index (χ1n) is 9.74. The summed E-state index contributed by atoms with van der Waals surface area (Å²) in [5.74, 6) is 0.493. The zero-order valence-corrected chi connectivity index (χ0v) is 15.4. The van der Waals surface area contributed by atoms with Crippen molar-refractivity contribution in [2.24, 2.45) is 5.92 Å². The third-order valence-corrected chi connectivity index (χ3v) is 5.15. The van der Waals surface area contributed by atoms with E-state index in [4.69, 9.17) is 0 Å². The van der Waals surface area contributed by atoms with E-state index in [9.17, 15) is 9.59 Å². The third kappa shape index (κ3) is 4.22. The van der Waals surface area contributed by atoms with Gasteiger partial charge >= 0.3 is 0 Å². The van der Waals surface area contributed by atoms with Crippen LogP contribution in [0.5, 0.6) is 0 Å². The summed E-state index contributed by atoms with van der Waals surface area (Å²) < 4.78 is 1.95. The van der Waals surface area contributed by atoms with E-state index in [-0.39, 0.29) is 17.9 Å². The molecule has 0 saturated heterocycles. The minimum Gasteiger partial charge on any atom is -0.349 e. The molecule has 6 nitrogen and oxygen atoms in total. The van der Waals surface area contributed by atoms with E-state index in [0.29, 0.717) is 24.0 Å². The predicted octanol–water partition coefficient (Wildman–Crippen LogP) is 2.67. The Bertz CT molecular complexity index is 630. The van der Waals surface area contributed by atoms with Gasteiger partial charge in [-0.1, -0.05) is 33.1 Å². The minimum atomic E-state index is -0.173. The molecule has 138 valence electrons. The Morgan fingerprint density at radius 3 is 2.60 bits per heavy atom. The summed E-state index contributed by atoms with van der Waals surface area (Å²) in [7, 11) is 0. The van der Waals surface area contributed by atoms with E-state index in [1.54, 1.807) is 0 Å². The summed E-state index contributed by atoms with van der Waals surface area (Å²) in [4.78, 5) is 29.8. The van der Waals surface area contributed by atoms with Gasteiger partial charge in [0, 0.05) is 19.1 Å². The van der Waals surface area contributed by atoms with Crippen molar-refractivity contribution < 1.29 is 9.59 Å². The molecule has 0 atom stereocenters. The Hall–Kier alpha value is -1.85. The van der Waals surface area contributed by atoms with E-state index >= 15 is 0 Å². The quantitative estimate of drug-likeness (QED) is 0.860. The lowest BCUT2D eigenvalue weighted by molar-refractivity contribution is 0.0921. The highest BCUT2D eigenvalue weighted by Gasteiger charge is 2.28. The first kappa shape index (κ1) is 18.0. The Labute approximate surface area is 149 Å². The lowest BCUT2D eigenvalue weighted by Crippen LogP contribution is -2.37. The normalized spacial score (nSPS) is 18.0. The molecule has 0 radical (unpaired) electrons. The van der Waals surface area contributed by atoms with Crippen LogP contribution in [0.1, 0.15) is 85.6 Å². The minimum absolute atomic E-state index is 0.111. The van der Waals surface area contributed by atoms with Crippen LogP contribution in [0.15, 0.2) is 0 Å². The highest BCUT2D eigenvalue weighted by atomic mass is 16.2. The van der Waals surface area contributed by atoms with Crippen LogP contribution in [-0.4, -0.2) is 34.0 Å². The molecule has 2 amide bonds. The van der Waals surface area contributed by atoms with Crippen LogP contribution < -0.4 is 10.6 Å². The first-order chi connectivity index (χ1) is 12.1. The van der Waals surface area contributed by atoms with Gasteiger partial charge in [0.2, 0.25) is 0 Å². The second-order valence-electron chi connectivity index (χ2n) is 7.75. The molecule has 1 aliphatic carbocycles. The number of imidazole rings is 1. The maximum absolute atomic E-state index is 12.8.